The average molecular weight is 358 g/mol. The average Bonchev–Trinajstić information content (AvgIpc) is 2.87. The molecule has 0 saturated heterocycles. The fourth-order valence-electron chi connectivity index (χ4n) is 2.97. The zero-order valence-corrected chi connectivity index (χ0v) is 14.8. The molecule has 3 rings (SSSR count). The van der Waals surface area contributed by atoms with Gasteiger partial charge >= 0.3 is 0 Å². The topological polar surface area (TPSA) is 74.8 Å². The first-order valence-corrected chi connectivity index (χ1v) is 9.44. The second-order valence-corrected chi connectivity index (χ2v) is 7.45. The molecule has 0 fully saturated rings. The van der Waals surface area contributed by atoms with E-state index in [9.17, 15) is 18.0 Å². The third kappa shape index (κ3) is 2.65. The van der Waals surface area contributed by atoms with Gasteiger partial charge in [-0.2, -0.15) is 4.31 Å². The number of sulfonamides is 1. The molecular weight excluding hydrogens is 340 g/mol. The number of fused-ring (bicyclic) bond motifs is 1. The van der Waals surface area contributed by atoms with E-state index in [-0.39, 0.29) is 21.7 Å². The zero-order chi connectivity index (χ0) is 18.2. The van der Waals surface area contributed by atoms with E-state index in [0.717, 1.165) is 4.90 Å². The van der Waals surface area contributed by atoms with Crippen LogP contribution in [0.1, 0.15) is 34.6 Å². The number of rotatable bonds is 5. The molecule has 7 heteroatoms. The minimum Gasteiger partial charge on any atom is -0.268 e. The van der Waals surface area contributed by atoms with Crippen molar-refractivity contribution in [1.82, 2.24) is 4.31 Å². The van der Waals surface area contributed by atoms with Crippen molar-refractivity contribution in [1.29, 1.82) is 0 Å². The Morgan fingerprint density at radius 2 is 1.32 bits per heavy atom. The summed E-state index contributed by atoms with van der Waals surface area (Å²) in [5, 5.41) is 0. The molecule has 0 saturated carbocycles. The Morgan fingerprint density at radius 3 is 1.84 bits per heavy atom. The molecule has 2 aromatic carbocycles. The highest BCUT2D eigenvalue weighted by molar-refractivity contribution is 7.89. The Labute approximate surface area is 146 Å². The maximum Gasteiger partial charge on any atom is 0.266 e. The highest BCUT2D eigenvalue weighted by Gasteiger charge is 2.39. The third-order valence-electron chi connectivity index (χ3n) is 4.22. The van der Waals surface area contributed by atoms with Crippen LogP contribution in [0.3, 0.4) is 0 Å². The number of imide groups is 1. The summed E-state index contributed by atoms with van der Waals surface area (Å²) in [6.07, 6.45) is 0. The van der Waals surface area contributed by atoms with Crippen molar-refractivity contribution in [3.63, 3.8) is 0 Å². The summed E-state index contributed by atoms with van der Waals surface area (Å²) in [6, 6.07) is 12.6. The van der Waals surface area contributed by atoms with Crippen molar-refractivity contribution in [3.05, 3.63) is 59.7 Å². The molecule has 0 spiro atoms. The van der Waals surface area contributed by atoms with Gasteiger partial charge in [0.2, 0.25) is 10.0 Å². The lowest BCUT2D eigenvalue weighted by molar-refractivity contribution is 0.0925. The van der Waals surface area contributed by atoms with Crippen molar-refractivity contribution in [3.8, 4) is 0 Å². The van der Waals surface area contributed by atoms with Crippen LogP contribution in [0.25, 0.3) is 0 Å². The van der Waals surface area contributed by atoms with Gasteiger partial charge in [-0.15, -0.1) is 0 Å². The Morgan fingerprint density at radius 1 is 0.840 bits per heavy atom. The van der Waals surface area contributed by atoms with Gasteiger partial charge in [-0.3, -0.25) is 9.59 Å². The van der Waals surface area contributed by atoms with Crippen molar-refractivity contribution >= 4 is 27.5 Å². The maximum atomic E-state index is 12.9. The quantitative estimate of drug-likeness (QED) is 0.770. The van der Waals surface area contributed by atoms with Crippen LogP contribution in [0.2, 0.25) is 0 Å². The van der Waals surface area contributed by atoms with Gasteiger partial charge in [-0.1, -0.05) is 38.1 Å². The molecular formula is C18H18N2O4S. The molecule has 1 aliphatic rings. The number of hydrogen-bond acceptors (Lipinski definition) is 4. The molecule has 2 aromatic rings. The molecule has 130 valence electrons. The molecule has 0 aliphatic carbocycles. The Hall–Kier alpha value is -2.51. The van der Waals surface area contributed by atoms with E-state index in [1.54, 1.807) is 50.2 Å². The lowest BCUT2D eigenvalue weighted by Crippen LogP contribution is -2.35. The standard InChI is InChI=1S/C18H18N2O4S/c1-3-19(4-2)25(23,24)16-12-8-7-11-15(16)20-17(21)13-9-5-6-10-14(13)18(20)22/h5-12H,3-4H2,1-2H3. The monoisotopic (exact) mass is 358 g/mol. The van der Waals surface area contributed by atoms with Gasteiger partial charge in [-0.25, -0.2) is 13.3 Å². The third-order valence-corrected chi connectivity index (χ3v) is 6.32. The second-order valence-electron chi connectivity index (χ2n) is 5.55. The molecule has 6 nitrogen and oxygen atoms in total. The minimum absolute atomic E-state index is 0.0480. The largest absolute Gasteiger partial charge is 0.268 e. The Kier molecular flexibility index (Phi) is 4.45. The number of anilines is 1. The van der Waals surface area contributed by atoms with Gasteiger partial charge in [0, 0.05) is 13.1 Å². The summed E-state index contributed by atoms with van der Waals surface area (Å²) in [6.45, 7) is 4.09. The summed E-state index contributed by atoms with van der Waals surface area (Å²) in [7, 11) is -3.82. The van der Waals surface area contributed by atoms with Gasteiger partial charge in [0.25, 0.3) is 11.8 Å². The van der Waals surface area contributed by atoms with E-state index in [1.807, 2.05) is 0 Å². The smallest absolute Gasteiger partial charge is 0.266 e. The van der Waals surface area contributed by atoms with Crippen LogP contribution in [-0.4, -0.2) is 37.6 Å². The molecule has 2 amide bonds. The number of amides is 2. The number of nitrogens with zero attached hydrogens (tertiary/aromatic N) is 2. The first-order chi connectivity index (χ1) is 11.9. The lowest BCUT2D eigenvalue weighted by atomic mass is 10.1. The van der Waals surface area contributed by atoms with Crippen molar-refractivity contribution < 1.29 is 18.0 Å². The van der Waals surface area contributed by atoms with Crippen LogP contribution < -0.4 is 4.90 Å². The fraction of sp³-hybridized carbons (Fsp3) is 0.222. The van der Waals surface area contributed by atoms with E-state index >= 15 is 0 Å². The molecule has 1 aliphatic heterocycles. The summed E-state index contributed by atoms with van der Waals surface area (Å²) in [4.78, 5) is 26.3. The molecule has 1 heterocycles. The van der Waals surface area contributed by atoms with Crippen molar-refractivity contribution in [2.24, 2.45) is 0 Å². The van der Waals surface area contributed by atoms with Crippen molar-refractivity contribution in [2.45, 2.75) is 18.7 Å². The number of hydrogen-bond donors (Lipinski definition) is 0. The van der Waals surface area contributed by atoms with Gasteiger partial charge in [-0.05, 0) is 24.3 Å². The van der Waals surface area contributed by atoms with E-state index in [0.29, 0.717) is 13.1 Å². The van der Waals surface area contributed by atoms with Gasteiger partial charge < -0.3 is 0 Å². The number of carbonyl (C=O) groups excluding carboxylic acids is 2. The molecule has 25 heavy (non-hydrogen) atoms. The maximum absolute atomic E-state index is 12.9. The Balaban J connectivity index is 2.16. The van der Waals surface area contributed by atoms with Crippen LogP contribution in [0.5, 0.6) is 0 Å². The summed E-state index contributed by atoms with van der Waals surface area (Å²) >= 11 is 0. The van der Waals surface area contributed by atoms with Gasteiger partial charge in [0.05, 0.1) is 16.8 Å². The summed E-state index contributed by atoms with van der Waals surface area (Å²) in [5.74, 6) is -1.02. The van der Waals surface area contributed by atoms with E-state index in [1.165, 1.54) is 16.4 Å². The molecule has 0 N–H and O–H groups in total. The van der Waals surface area contributed by atoms with Gasteiger partial charge in [0.15, 0.2) is 0 Å². The molecule has 0 atom stereocenters. The first kappa shape index (κ1) is 17.3. The predicted molar refractivity (Wildman–Crippen MR) is 94.1 cm³/mol. The van der Waals surface area contributed by atoms with Crippen LogP contribution in [0.15, 0.2) is 53.4 Å². The second kappa shape index (κ2) is 6.42. The molecule has 0 bridgehead atoms. The van der Waals surface area contributed by atoms with E-state index in [4.69, 9.17) is 0 Å². The highest BCUT2D eigenvalue weighted by atomic mass is 32.2. The van der Waals surface area contributed by atoms with E-state index < -0.39 is 21.8 Å². The van der Waals surface area contributed by atoms with Crippen LogP contribution in [0.4, 0.5) is 5.69 Å². The number of carbonyl (C=O) groups is 2. The van der Waals surface area contributed by atoms with Gasteiger partial charge in [0.1, 0.15) is 4.90 Å². The SMILES string of the molecule is CCN(CC)S(=O)(=O)c1ccccc1N1C(=O)c2ccccc2C1=O. The minimum atomic E-state index is -3.82. The van der Waals surface area contributed by atoms with Crippen LogP contribution in [-0.2, 0) is 10.0 Å². The normalized spacial score (nSPS) is 14.3. The van der Waals surface area contributed by atoms with Crippen LogP contribution >= 0.6 is 0 Å². The molecule has 0 radical (unpaired) electrons. The molecule has 0 unspecified atom stereocenters. The zero-order valence-electron chi connectivity index (χ0n) is 14.0. The van der Waals surface area contributed by atoms with Crippen molar-refractivity contribution in [2.75, 3.05) is 18.0 Å². The van der Waals surface area contributed by atoms with Crippen LogP contribution in [0, 0.1) is 0 Å². The predicted octanol–water partition coefficient (Wildman–Crippen LogP) is 2.52. The number of para-hydroxylation sites is 1. The lowest BCUT2D eigenvalue weighted by Gasteiger charge is -2.23. The fourth-order valence-corrected chi connectivity index (χ4v) is 4.60. The molecule has 0 aromatic heterocycles. The summed E-state index contributed by atoms with van der Waals surface area (Å²) < 4.78 is 27.2. The van der Waals surface area contributed by atoms with E-state index in [2.05, 4.69) is 0 Å². The highest BCUT2D eigenvalue weighted by Crippen LogP contribution is 2.33. The Bertz CT molecular complexity index is 914. The number of benzene rings is 2. The first-order valence-electron chi connectivity index (χ1n) is 8.00. The summed E-state index contributed by atoms with van der Waals surface area (Å²) in [5.41, 5.74) is 0.644.